The number of carboxylic acids is 1. The van der Waals surface area contributed by atoms with Gasteiger partial charge in [0.05, 0.1) is 6.42 Å². The van der Waals surface area contributed by atoms with Gasteiger partial charge in [0.25, 0.3) is 0 Å². The van der Waals surface area contributed by atoms with E-state index in [1.54, 1.807) is 30.3 Å². The number of hydrogen-bond donors (Lipinski definition) is 3. The number of nitrogens with two attached hydrogens (primary N) is 1. The van der Waals surface area contributed by atoms with Gasteiger partial charge in [0, 0.05) is 6.54 Å². The summed E-state index contributed by atoms with van der Waals surface area (Å²) in [5, 5.41) is 18.6. The molecule has 0 spiro atoms. The first-order valence-electron chi connectivity index (χ1n) is 4.28. The molecule has 0 amide bonds. The summed E-state index contributed by atoms with van der Waals surface area (Å²) in [6.45, 7) is -0.108. The van der Waals surface area contributed by atoms with E-state index in [2.05, 4.69) is 0 Å². The summed E-state index contributed by atoms with van der Waals surface area (Å²) in [4.78, 5) is 10.5. The Morgan fingerprint density at radius 1 is 1.33 bits per heavy atom. The normalized spacial score (nSPS) is 13.7. The minimum atomic E-state index is -1.47. The average molecular weight is 232 g/mol. The van der Waals surface area contributed by atoms with E-state index in [1.807, 2.05) is 0 Å². The molecule has 1 atom stereocenters. The van der Waals surface area contributed by atoms with Crippen LogP contribution in [0.2, 0.25) is 0 Å². The number of aliphatic hydroxyl groups is 1. The quantitative estimate of drug-likeness (QED) is 0.713. The summed E-state index contributed by atoms with van der Waals surface area (Å²) in [6.07, 6.45) is -0.381. The maximum Gasteiger partial charge on any atom is 0.306 e. The summed E-state index contributed by atoms with van der Waals surface area (Å²) < 4.78 is 0. The van der Waals surface area contributed by atoms with Crippen molar-refractivity contribution in [2.45, 2.75) is 12.0 Å². The summed E-state index contributed by atoms with van der Waals surface area (Å²) in [7, 11) is 0. The molecule has 0 aliphatic rings. The number of carbonyl (C=O) groups is 1. The Morgan fingerprint density at radius 2 is 1.87 bits per heavy atom. The molecule has 1 rings (SSSR count). The van der Waals surface area contributed by atoms with E-state index in [0.29, 0.717) is 5.56 Å². The summed E-state index contributed by atoms with van der Waals surface area (Å²) in [5.74, 6) is -1.07. The number of carboxylic acid groups (broad SMARTS) is 1. The molecular weight excluding hydrogens is 218 g/mol. The third-order valence-corrected chi connectivity index (χ3v) is 2.09. The molecule has 0 aliphatic carbocycles. The zero-order chi connectivity index (χ0) is 10.6. The molecule has 84 valence electrons. The van der Waals surface area contributed by atoms with Crippen LogP contribution in [-0.4, -0.2) is 22.7 Å². The monoisotopic (exact) mass is 231 g/mol. The molecule has 0 saturated heterocycles. The minimum Gasteiger partial charge on any atom is -0.481 e. The summed E-state index contributed by atoms with van der Waals surface area (Å²) in [5.41, 5.74) is 4.44. The van der Waals surface area contributed by atoms with Gasteiger partial charge in [-0.25, -0.2) is 0 Å². The Bertz CT molecular complexity index is 318. The standard InChI is InChI=1S/C10H13NO3.ClH/c11-7-10(14,6-9(12)13)8-4-2-1-3-5-8;/h1-5,14H,6-7,11H2,(H,12,13);1H. The molecule has 0 radical (unpaired) electrons. The number of aliphatic carboxylic acids is 1. The van der Waals surface area contributed by atoms with Crippen LogP contribution in [0.15, 0.2) is 30.3 Å². The zero-order valence-electron chi connectivity index (χ0n) is 8.09. The highest BCUT2D eigenvalue weighted by Crippen LogP contribution is 2.23. The smallest absolute Gasteiger partial charge is 0.306 e. The van der Waals surface area contributed by atoms with E-state index in [-0.39, 0.29) is 25.4 Å². The second-order valence-electron chi connectivity index (χ2n) is 3.17. The van der Waals surface area contributed by atoms with E-state index in [9.17, 15) is 9.90 Å². The molecule has 0 aliphatic heterocycles. The van der Waals surface area contributed by atoms with E-state index in [0.717, 1.165) is 0 Å². The van der Waals surface area contributed by atoms with Crippen LogP contribution < -0.4 is 5.73 Å². The topological polar surface area (TPSA) is 83.5 Å². The van der Waals surface area contributed by atoms with E-state index < -0.39 is 11.6 Å². The number of rotatable bonds is 4. The van der Waals surface area contributed by atoms with Crippen LogP contribution >= 0.6 is 12.4 Å². The van der Waals surface area contributed by atoms with E-state index >= 15 is 0 Å². The van der Waals surface area contributed by atoms with Crippen molar-refractivity contribution < 1.29 is 15.0 Å². The Balaban J connectivity index is 0.00000196. The molecule has 15 heavy (non-hydrogen) atoms. The Morgan fingerprint density at radius 3 is 2.27 bits per heavy atom. The Kier molecular flexibility index (Phi) is 5.28. The molecule has 0 bridgehead atoms. The predicted molar refractivity (Wildman–Crippen MR) is 58.9 cm³/mol. The van der Waals surface area contributed by atoms with Gasteiger partial charge in [0.1, 0.15) is 5.60 Å². The lowest BCUT2D eigenvalue weighted by molar-refractivity contribution is -0.142. The fourth-order valence-corrected chi connectivity index (χ4v) is 1.29. The Hall–Kier alpha value is -1.10. The highest BCUT2D eigenvalue weighted by molar-refractivity contribution is 5.85. The van der Waals surface area contributed by atoms with Gasteiger partial charge in [-0.05, 0) is 5.56 Å². The number of benzene rings is 1. The lowest BCUT2D eigenvalue weighted by Crippen LogP contribution is -2.37. The van der Waals surface area contributed by atoms with Crippen LogP contribution in [0.1, 0.15) is 12.0 Å². The largest absolute Gasteiger partial charge is 0.481 e. The molecule has 0 aromatic heterocycles. The van der Waals surface area contributed by atoms with Gasteiger partial charge in [-0.3, -0.25) is 4.79 Å². The van der Waals surface area contributed by atoms with Crippen molar-refractivity contribution in [1.29, 1.82) is 0 Å². The SMILES string of the molecule is Cl.NCC(O)(CC(=O)O)c1ccccc1. The molecule has 0 saturated carbocycles. The first kappa shape index (κ1) is 13.9. The van der Waals surface area contributed by atoms with Gasteiger partial charge in [0.2, 0.25) is 0 Å². The molecule has 1 unspecified atom stereocenters. The highest BCUT2D eigenvalue weighted by Gasteiger charge is 2.30. The molecule has 1 aromatic carbocycles. The third kappa shape index (κ3) is 3.51. The van der Waals surface area contributed by atoms with Gasteiger partial charge < -0.3 is 15.9 Å². The average Bonchev–Trinajstić information content (AvgIpc) is 2.18. The van der Waals surface area contributed by atoms with E-state index in [1.165, 1.54) is 0 Å². The molecule has 4 nitrogen and oxygen atoms in total. The van der Waals surface area contributed by atoms with Crippen LogP contribution in [0.25, 0.3) is 0 Å². The van der Waals surface area contributed by atoms with Gasteiger partial charge in [0.15, 0.2) is 0 Å². The molecular formula is C10H14ClNO3. The number of halogens is 1. The van der Waals surface area contributed by atoms with Crippen molar-refractivity contribution in [1.82, 2.24) is 0 Å². The molecule has 4 N–H and O–H groups in total. The summed E-state index contributed by atoms with van der Waals surface area (Å²) >= 11 is 0. The fraction of sp³-hybridized carbons (Fsp3) is 0.300. The van der Waals surface area contributed by atoms with Crippen molar-refractivity contribution in [2.24, 2.45) is 5.73 Å². The third-order valence-electron chi connectivity index (χ3n) is 2.09. The minimum absolute atomic E-state index is 0. The van der Waals surface area contributed by atoms with E-state index in [4.69, 9.17) is 10.8 Å². The lowest BCUT2D eigenvalue weighted by Gasteiger charge is -2.24. The molecule has 0 fully saturated rings. The maximum atomic E-state index is 10.5. The van der Waals surface area contributed by atoms with Gasteiger partial charge in [-0.2, -0.15) is 0 Å². The van der Waals surface area contributed by atoms with Crippen LogP contribution in [0.5, 0.6) is 0 Å². The second-order valence-corrected chi connectivity index (χ2v) is 3.17. The molecule has 0 heterocycles. The predicted octanol–water partition coefficient (Wildman–Crippen LogP) is 0.729. The first-order valence-corrected chi connectivity index (χ1v) is 4.28. The van der Waals surface area contributed by atoms with Crippen molar-refractivity contribution in [2.75, 3.05) is 6.54 Å². The second kappa shape index (κ2) is 5.70. The molecule has 1 aromatic rings. The van der Waals surface area contributed by atoms with Crippen molar-refractivity contribution in [3.63, 3.8) is 0 Å². The number of hydrogen-bond acceptors (Lipinski definition) is 3. The summed E-state index contributed by atoms with van der Waals surface area (Å²) in [6, 6.07) is 8.59. The fourth-order valence-electron chi connectivity index (χ4n) is 1.29. The maximum absolute atomic E-state index is 10.5. The highest BCUT2D eigenvalue weighted by atomic mass is 35.5. The van der Waals surface area contributed by atoms with Crippen molar-refractivity contribution >= 4 is 18.4 Å². The lowest BCUT2D eigenvalue weighted by atomic mass is 9.91. The van der Waals surface area contributed by atoms with Gasteiger partial charge in [-0.1, -0.05) is 30.3 Å². The first-order chi connectivity index (χ1) is 6.58. The Labute approximate surface area is 94.1 Å². The van der Waals surface area contributed by atoms with Crippen molar-refractivity contribution in [3.05, 3.63) is 35.9 Å². The van der Waals surface area contributed by atoms with Crippen LogP contribution in [0.3, 0.4) is 0 Å². The van der Waals surface area contributed by atoms with Crippen molar-refractivity contribution in [3.8, 4) is 0 Å². The van der Waals surface area contributed by atoms with Crippen LogP contribution in [0.4, 0.5) is 0 Å². The van der Waals surface area contributed by atoms with Gasteiger partial charge in [-0.15, -0.1) is 12.4 Å². The van der Waals surface area contributed by atoms with Crippen LogP contribution in [-0.2, 0) is 10.4 Å². The van der Waals surface area contributed by atoms with Crippen LogP contribution in [0, 0.1) is 0 Å². The van der Waals surface area contributed by atoms with Gasteiger partial charge >= 0.3 is 5.97 Å². The zero-order valence-corrected chi connectivity index (χ0v) is 8.91. The molecule has 5 heteroatoms.